The number of amides is 1. The van der Waals surface area contributed by atoms with Crippen LogP contribution in [-0.4, -0.2) is 36.7 Å². The van der Waals surface area contributed by atoms with Gasteiger partial charge >= 0.3 is 5.97 Å². The number of ether oxygens (including phenoxy) is 2. The molecule has 0 spiro atoms. The average Bonchev–Trinajstić information content (AvgIpc) is 2.46. The molecule has 0 fully saturated rings. The Balaban J connectivity index is 2.36. The van der Waals surface area contributed by atoms with Crippen molar-refractivity contribution in [1.29, 1.82) is 0 Å². The van der Waals surface area contributed by atoms with Crippen LogP contribution in [0.3, 0.4) is 0 Å². The van der Waals surface area contributed by atoms with Crippen molar-refractivity contribution in [2.75, 3.05) is 13.7 Å². The van der Waals surface area contributed by atoms with E-state index < -0.39 is 12.0 Å². The van der Waals surface area contributed by atoms with E-state index in [0.717, 1.165) is 5.75 Å². The molecule has 0 saturated heterocycles. The molecule has 22 heavy (non-hydrogen) atoms. The summed E-state index contributed by atoms with van der Waals surface area (Å²) in [6.45, 7) is 4.01. The van der Waals surface area contributed by atoms with Gasteiger partial charge in [0.1, 0.15) is 17.5 Å². The monoisotopic (exact) mass is 309 g/mol. The number of carboxylic acid groups (broad SMARTS) is 1. The van der Waals surface area contributed by atoms with Gasteiger partial charge in [0.05, 0.1) is 20.1 Å². The summed E-state index contributed by atoms with van der Waals surface area (Å²) in [5.74, 6) is 0.199. The van der Waals surface area contributed by atoms with E-state index in [1.54, 1.807) is 31.4 Å². The van der Waals surface area contributed by atoms with Crippen LogP contribution in [0.4, 0.5) is 0 Å². The molecule has 0 bridgehead atoms. The molecular weight excluding hydrogens is 286 g/mol. The third-order valence-electron chi connectivity index (χ3n) is 3.00. The van der Waals surface area contributed by atoms with Gasteiger partial charge in [-0.3, -0.25) is 4.79 Å². The van der Waals surface area contributed by atoms with Crippen molar-refractivity contribution >= 4 is 11.9 Å². The molecule has 0 aromatic heterocycles. The van der Waals surface area contributed by atoms with Crippen molar-refractivity contribution in [1.82, 2.24) is 5.32 Å². The molecule has 2 N–H and O–H groups in total. The number of methoxy groups -OCH3 is 1. The van der Waals surface area contributed by atoms with Crippen molar-refractivity contribution in [2.45, 2.75) is 32.7 Å². The van der Waals surface area contributed by atoms with Gasteiger partial charge in [0, 0.05) is 0 Å². The van der Waals surface area contributed by atoms with Crippen LogP contribution in [0.25, 0.3) is 0 Å². The molecule has 0 aliphatic carbocycles. The summed E-state index contributed by atoms with van der Waals surface area (Å²) in [6, 6.07) is 6.16. The molecule has 122 valence electrons. The predicted octanol–water partition coefficient (Wildman–Crippen LogP) is 2.08. The van der Waals surface area contributed by atoms with Crippen molar-refractivity contribution in [2.24, 2.45) is 5.92 Å². The van der Waals surface area contributed by atoms with Crippen LogP contribution in [0.1, 0.15) is 26.7 Å². The van der Waals surface area contributed by atoms with Gasteiger partial charge < -0.3 is 19.9 Å². The normalized spacial score (nSPS) is 11.8. The minimum Gasteiger partial charge on any atom is -0.497 e. The topological polar surface area (TPSA) is 84.9 Å². The summed E-state index contributed by atoms with van der Waals surface area (Å²) in [7, 11) is 1.58. The van der Waals surface area contributed by atoms with E-state index in [4.69, 9.17) is 14.6 Å². The molecule has 0 aliphatic heterocycles. The maximum atomic E-state index is 11.8. The maximum Gasteiger partial charge on any atom is 0.326 e. The molecule has 1 aromatic carbocycles. The Morgan fingerprint density at radius 1 is 1.18 bits per heavy atom. The van der Waals surface area contributed by atoms with E-state index >= 15 is 0 Å². The summed E-state index contributed by atoms with van der Waals surface area (Å²) in [5.41, 5.74) is 0. The molecule has 0 heterocycles. The zero-order valence-electron chi connectivity index (χ0n) is 13.2. The van der Waals surface area contributed by atoms with Gasteiger partial charge in [0.15, 0.2) is 0 Å². The van der Waals surface area contributed by atoms with Gasteiger partial charge in [-0.1, -0.05) is 13.8 Å². The van der Waals surface area contributed by atoms with Crippen LogP contribution in [0.5, 0.6) is 11.5 Å². The Bertz CT molecular complexity index is 484. The standard InChI is InChI=1S/C16H23NO5/c1-11(2)10-14(16(19)20)17-15(18)8-9-22-13-6-4-12(21-3)5-7-13/h4-7,11,14H,8-10H2,1-3H3,(H,17,18)(H,19,20)/t14-/m0/s1. The highest BCUT2D eigenvalue weighted by molar-refractivity contribution is 5.83. The number of nitrogens with one attached hydrogen (secondary N) is 1. The molecule has 0 unspecified atom stereocenters. The lowest BCUT2D eigenvalue weighted by atomic mass is 10.0. The number of carbonyl (C=O) groups excluding carboxylic acids is 1. The van der Waals surface area contributed by atoms with Gasteiger partial charge in [0.2, 0.25) is 5.91 Å². The molecule has 1 amide bonds. The first-order chi connectivity index (χ1) is 10.4. The Hall–Kier alpha value is -2.24. The first-order valence-corrected chi connectivity index (χ1v) is 7.21. The fourth-order valence-corrected chi connectivity index (χ4v) is 1.89. The van der Waals surface area contributed by atoms with Crippen LogP contribution >= 0.6 is 0 Å². The Morgan fingerprint density at radius 3 is 2.27 bits per heavy atom. The second-order valence-electron chi connectivity index (χ2n) is 5.36. The number of carbonyl (C=O) groups is 2. The molecule has 0 saturated carbocycles. The van der Waals surface area contributed by atoms with Crippen LogP contribution in [0.2, 0.25) is 0 Å². The molecule has 6 heteroatoms. The van der Waals surface area contributed by atoms with E-state index in [9.17, 15) is 9.59 Å². The molecule has 1 atom stereocenters. The molecule has 1 aromatic rings. The minimum atomic E-state index is -1.02. The third kappa shape index (κ3) is 6.47. The van der Waals surface area contributed by atoms with Crippen molar-refractivity contribution in [3.8, 4) is 11.5 Å². The highest BCUT2D eigenvalue weighted by Crippen LogP contribution is 2.17. The van der Waals surface area contributed by atoms with E-state index in [1.807, 2.05) is 13.8 Å². The van der Waals surface area contributed by atoms with Crippen LogP contribution in [0.15, 0.2) is 24.3 Å². The molecule has 6 nitrogen and oxygen atoms in total. The number of rotatable bonds is 9. The highest BCUT2D eigenvalue weighted by atomic mass is 16.5. The van der Waals surface area contributed by atoms with E-state index in [1.165, 1.54) is 0 Å². The number of hydrogen-bond acceptors (Lipinski definition) is 4. The minimum absolute atomic E-state index is 0.105. The van der Waals surface area contributed by atoms with Crippen LogP contribution < -0.4 is 14.8 Å². The SMILES string of the molecule is COc1ccc(OCCC(=O)N[C@@H](CC(C)C)C(=O)O)cc1. The first-order valence-electron chi connectivity index (χ1n) is 7.21. The maximum absolute atomic E-state index is 11.8. The summed E-state index contributed by atoms with van der Waals surface area (Å²) in [5, 5.41) is 11.6. The number of aliphatic carboxylic acids is 1. The van der Waals surface area contributed by atoms with Crippen LogP contribution in [-0.2, 0) is 9.59 Å². The largest absolute Gasteiger partial charge is 0.497 e. The number of hydrogen-bond donors (Lipinski definition) is 2. The quantitative estimate of drug-likeness (QED) is 0.729. The summed E-state index contributed by atoms with van der Waals surface area (Å²) < 4.78 is 10.5. The second kappa shape index (κ2) is 8.92. The number of carboxylic acids is 1. The van der Waals surface area contributed by atoms with Crippen molar-refractivity contribution in [3.05, 3.63) is 24.3 Å². The zero-order valence-corrected chi connectivity index (χ0v) is 13.2. The van der Waals surface area contributed by atoms with Crippen LogP contribution in [0, 0.1) is 5.92 Å². The smallest absolute Gasteiger partial charge is 0.326 e. The third-order valence-corrected chi connectivity index (χ3v) is 3.00. The summed E-state index contributed by atoms with van der Waals surface area (Å²) in [4.78, 5) is 22.8. The van der Waals surface area contributed by atoms with E-state index in [-0.39, 0.29) is 24.9 Å². The van der Waals surface area contributed by atoms with Gasteiger partial charge in [-0.15, -0.1) is 0 Å². The average molecular weight is 309 g/mol. The van der Waals surface area contributed by atoms with E-state index in [2.05, 4.69) is 5.32 Å². The molecule has 0 radical (unpaired) electrons. The fourth-order valence-electron chi connectivity index (χ4n) is 1.89. The van der Waals surface area contributed by atoms with Gasteiger partial charge in [-0.2, -0.15) is 0 Å². The second-order valence-corrected chi connectivity index (χ2v) is 5.36. The molecule has 1 rings (SSSR count). The Labute approximate surface area is 130 Å². The molecule has 0 aliphatic rings. The Morgan fingerprint density at radius 2 is 1.77 bits per heavy atom. The van der Waals surface area contributed by atoms with Gasteiger partial charge in [0.25, 0.3) is 0 Å². The number of benzene rings is 1. The highest BCUT2D eigenvalue weighted by Gasteiger charge is 2.20. The van der Waals surface area contributed by atoms with Crippen molar-refractivity contribution < 1.29 is 24.2 Å². The van der Waals surface area contributed by atoms with Gasteiger partial charge in [-0.25, -0.2) is 4.79 Å². The van der Waals surface area contributed by atoms with Gasteiger partial charge in [-0.05, 0) is 36.6 Å². The molecular formula is C16H23NO5. The van der Waals surface area contributed by atoms with E-state index in [0.29, 0.717) is 12.2 Å². The lowest BCUT2D eigenvalue weighted by Crippen LogP contribution is -2.42. The first kappa shape index (κ1) is 17.8. The lowest BCUT2D eigenvalue weighted by molar-refractivity contribution is -0.142. The fraction of sp³-hybridized carbons (Fsp3) is 0.500. The summed E-state index contributed by atoms with van der Waals surface area (Å²) >= 11 is 0. The Kier molecular flexibility index (Phi) is 7.22. The zero-order chi connectivity index (χ0) is 16.5. The predicted molar refractivity (Wildman–Crippen MR) is 82.1 cm³/mol. The summed E-state index contributed by atoms with van der Waals surface area (Å²) in [6.07, 6.45) is 0.508. The van der Waals surface area contributed by atoms with Crippen molar-refractivity contribution in [3.63, 3.8) is 0 Å². The lowest BCUT2D eigenvalue weighted by Gasteiger charge is -2.16.